The first-order valence-electron chi connectivity index (χ1n) is 6.79. The van der Waals surface area contributed by atoms with Crippen LogP contribution in [0.2, 0.25) is 0 Å². The molecule has 0 amide bonds. The van der Waals surface area contributed by atoms with Crippen molar-refractivity contribution < 1.29 is 13.2 Å². The lowest BCUT2D eigenvalue weighted by Crippen LogP contribution is -2.04. The smallest absolute Gasteiger partial charge is 0.258 e. The maximum atomic E-state index is 12.7. The summed E-state index contributed by atoms with van der Waals surface area (Å²) >= 11 is 1.29. The third-order valence-corrected chi connectivity index (χ3v) is 4.05. The lowest BCUT2D eigenvalue weighted by Gasteiger charge is -2.07. The van der Waals surface area contributed by atoms with Crippen LogP contribution in [-0.4, -0.2) is 15.2 Å². The van der Waals surface area contributed by atoms with Crippen LogP contribution < -0.4 is 0 Å². The molecule has 0 unspecified atom stereocenters. The minimum Gasteiger partial charge on any atom is -0.258 e. The molecule has 0 saturated heterocycles. The summed E-state index contributed by atoms with van der Waals surface area (Å²) in [5, 5.41) is 7.42. The Morgan fingerprint density at radius 1 is 1.00 bits per heavy atom. The van der Waals surface area contributed by atoms with Gasteiger partial charge in [0, 0.05) is 11.3 Å². The van der Waals surface area contributed by atoms with Gasteiger partial charge in [0.1, 0.15) is 0 Å². The Morgan fingerprint density at radius 3 is 2.52 bits per heavy atom. The van der Waals surface area contributed by atoms with Crippen molar-refractivity contribution in [1.29, 1.82) is 0 Å². The van der Waals surface area contributed by atoms with E-state index in [1.807, 2.05) is 30.3 Å². The number of benzene rings is 2. The van der Waals surface area contributed by atoms with Gasteiger partial charge in [-0.3, -0.25) is 5.10 Å². The second-order valence-corrected chi connectivity index (χ2v) is 5.76. The number of aromatic nitrogens is 3. The molecule has 7 heteroatoms. The standard InChI is InChI=1S/C16H12F3N3S/c17-16(18,19)13-8-4-5-11(9-13)10-23-15-20-14(21-22-15)12-6-2-1-3-7-12/h1-9H,10H2,(H,20,21,22). The molecule has 2 aromatic carbocycles. The average Bonchev–Trinajstić information content (AvgIpc) is 3.02. The number of rotatable bonds is 4. The van der Waals surface area contributed by atoms with Gasteiger partial charge in [0.15, 0.2) is 5.82 Å². The first kappa shape index (κ1) is 15.6. The molecule has 1 heterocycles. The number of aromatic amines is 1. The fraction of sp³-hybridized carbons (Fsp3) is 0.125. The van der Waals surface area contributed by atoms with Crippen LogP contribution in [0.25, 0.3) is 11.4 Å². The van der Waals surface area contributed by atoms with Crippen LogP contribution in [0.4, 0.5) is 13.2 Å². The van der Waals surface area contributed by atoms with Gasteiger partial charge in [-0.25, -0.2) is 4.98 Å². The highest BCUT2D eigenvalue weighted by atomic mass is 32.2. The van der Waals surface area contributed by atoms with E-state index < -0.39 is 11.7 Å². The van der Waals surface area contributed by atoms with Crippen LogP contribution in [0.1, 0.15) is 11.1 Å². The number of H-pyrrole nitrogens is 1. The van der Waals surface area contributed by atoms with E-state index in [1.165, 1.54) is 17.8 Å². The van der Waals surface area contributed by atoms with Crippen LogP contribution in [0, 0.1) is 0 Å². The third-order valence-electron chi connectivity index (χ3n) is 3.13. The molecule has 0 atom stereocenters. The van der Waals surface area contributed by atoms with Crippen LogP contribution in [0.15, 0.2) is 59.8 Å². The van der Waals surface area contributed by atoms with E-state index in [9.17, 15) is 13.2 Å². The third kappa shape index (κ3) is 3.92. The molecule has 0 aliphatic rings. The van der Waals surface area contributed by atoms with Gasteiger partial charge in [-0.2, -0.15) is 13.2 Å². The quantitative estimate of drug-likeness (QED) is 0.698. The monoisotopic (exact) mass is 335 g/mol. The van der Waals surface area contributed by atoms with Crippen molar-refractivity contribution in [2.75, 3.05) is 0 Å². The van der Waals surface area contributed by atoms with Gasteiger partial charge in [-0.05, 0) is 11.6 Å². The highest BCUT2D eigenvalue weighted by molar-refractivity contribution is 7.98. The Kier molecular flexibility index (Phi) is 4.38. The molecule has 3 rings (SSSR count). The fourth-order valence-corrected chi connectivity index (χ4v) is 2.76. The number of hydrogen-bond donors (Lipinski definition) is 1. The van der Waals surface area contributed by atoms with Crippen LogP contribution >= 0.6 is 11.8 Å². The molecule has 3 nitrogen and oxygen atoms in total. The summed E-state index contributed by atoms with van der Waals surface area (Å²) in [7, 11) is 0. The molecule has 0 saturated carbocycles. The van der Waals surface area contributed by atoms with Crippen LogP contribution in [-0.2, 0) is 11.9 Å². The summed E-state index contributed by atoms with van der Waals surface area (Å²) in [4.78, 5) is 4.34. The number of halogens is 3. The molecule has 0 bridgehead atoms. The van der Waals surface area contributed by atoms with Crippen molar-refractivity contribution in [3.8, 4) is 11.4 Å². The topological polar surface area (TPSA) is 41.6 Å². The highest BCUT2D eigenvalue weighted by Gasteiger charge is 2.30. The predicted molar refractivity (Wildman–Crippen MR) is 82.8 cm³/mol. The maximum absolute atomic E-state index is 12.7. The van der Waals surface area contributed by atoms with Gasteiger partial charge < -0.3 is 0 Å². The highest BCUT2D eigenvalue weighted by Crippen LogP contribution is 2.31. The summed E-state index contributed by atoms with van der Waals surface area (Å²) in [6.07, 6.45) is -4.33. The van der Waals surface area contributed by atoms with Gasteiger partial charge >= 0.3 is 6.18 Å². The van der Waals surface area contributed by atoms with Gasteiger partial charge in [0.2, 0.25) is 5.16 Å². The zero-order valence-electron chi connectivity index (χ0n) is 11.8. The van der Waals surface area contributed by atoms with Crippen molar-refractivity contribution in [2.45, 2.75) is 17.1 Å². The first-order valence-corrected chi connectivity index (χ1v) is 7.78. The molecule has 1 N–H and O–H groups in total. The summed E-state index contributed by atoms with van der Waals surface area (Å²) in [6, 6.07) is 14.8. The van der Waals surface area contributed by atoms with E-state index in [2.05, 4.69) is 15.2 Å². The molecule has 1 aromatic heterocycles. The summed E-state index contributed by atoms with van der Waals surface area (Å²) in [6.45, 7) is 0. The molecule has 3 aromatic rings. The Balaban J connectivity index is 1.69. The first-order chi connectivity index (χ1) is 11.0. The summed E-state index contributed by atoms with van der Waals surface area (Å²) < 4.78 is 38.1. The molecule has 0 spiro atoms. The van der Waals surface area contributed by atoms with E-state index in [0.717, 1.165) is 17.7 Å². The molecule has 0 fully saturated rings. The van der Waals surface area contributed by atoms with Crippen molar-refractivity contribution in [2.24, 2.45) is 0 Å². The molecule has 0 aliphatic carbocycles. The van der Waals surface area contributed by atoms with Crippen molar-refractivity contribution >= 4 is 11.8 Å². The Morgan fingerprint density at radius 2 is 1.78 bits per heavy atom. The van der Waals surface area contributed by atoms with Crippen molar-refractivity contribution in [3.05, 3.63) is 65.7 Å². The van der Waals surface area contributed by atoms with E-state index in [-0.39, 0.29) is 0 Å². The molecule has 23 heavy (non-hydrogen) atoms. The molecular formula is C16H12F3N3S. The van der Waals surface area contributed by atoms with E-state index in [4.69, 9.17) is 0 Å². The Bertz CT molecular complexity index is 785. The van der Waals surface area contributed by atoms with E-state index in [1.54, 1.807) is 6.07 Å². The SMILES string of the molecule is FC(F)(F)c1cccc(CSc2n[nH]c(-c3ccccc3)n2)c1. The molecule has 0 aliphatic heterocycles. The Hall–Kier alpha value is -2.28. The zero-order valence-corrected chi connectivity index (χ0v) is 12.7. The number of alkyl halides is 3. The molecule has 118 valence electrons. The van der Waals surface area contributed by atoms with Gasteiger partial charge in [-0.1, -0.05) is 60.3 Å². The van der Waals surface area contributed by atoms with Crippen molar-refractivity contribution in [1.82, 2.24) is 15.2 Å². The maximum Gasteiger partial charge on any atom is 0.416 e. The number of nitrogens with zero attached hydrogens (tertiary/aromatic N) is 2. The van der Waals surface area contributed by atoms with Crippen LogP contribution in [0.3, 0.4) is 0 Å². The minimum atomic E-state index is -4.33. The van der Waals surface area contributed by atoms with Crippen molar-refractivity contribution in [3.63, 3.8) is 0 Å². The Labute approximate surface area is 135 Å². The van der Waals surface area contributed by atoms with Crippen LogP contribution in [0.5, 0.6) is 0 Å². The van der Waals surface area contributed by atoms with E-state index >= 15 is 0 Å². The fourth-order valence-electron chi connectivity index (χ4n) is 2.02. The summed E-state index contributed by atoms with van der Waals surface area (Å²) in [5.41, 5.74) is 0.845. The average molecular weight is 335 g/mol. The number of thioether (sulfide) groups is 1. The number of nitrogens with one attached hydrogen (secondary N) is 1. The molecular weight excluding hydrogens is 323 g/mol. The normalized spacial score (nSPS) is 11.6. The van der Waals surface area contributed by atoms with Gasteiger partial charge in [0.05, 0.1) is 5.56 Å². The lowest BCUT2D eigenvalue weighted by atomic mass is 10.1. The minimum absolute atomic E-state index is 0.371. The largest absolute Gasteiger partial charge is 0.416 e. The van der Waals surface area contributed by atoms with E-state index in [0.29, 0.717) is 22.3 Å². The number of hydrogen-bond acceptors (Lipinski definition) is 3. The summed E-state index contributed by atoms with van der Waals surface area (Å²) in [5.74, 6) is 1.01. The predicted octanol–water partition coefficient (Wildman–Crippen LogP) is 4.78. The van der Waals surface area contributed by atoms with Gasteiger partial charge in [-0.15, -0.1) is 5.10 Å². The zero-order chi connectivity index (χ0) is 16.3. The molecule has 0 radical (unpaired) electrons. The second kappa shape index (κ2) is 6.45. The lowest BCUT2D eigenvalue weighted by molar-refractivity contribution is -0.137. The second-order valence-electron chi connectivity index (χ2n) is 4.82. The van der Waals surface area contributed by atoms with Gasteiger partial charge in [0.25, 0.3) is 0 Å².